The van der Waals surface area contributed by atoms with Crippen LogP contribution < -0.4 is 4.74 Å². The molecule has 0 heterocycles. The van der Waals surface area contributed by atoms with E-state index >= 15 is 0 Å². The van der Waals surface area contributed by atoms with E-state index in [1.54, 1.807) is 0 Å². The zero-order valence-corrected chi connectivity index (χ0v) is 14.5. The van der Waals surface area contributed by atoms with Gasteiger partial charge in [-0.05, 0) is 56.1 Å². The third-order valence-electron chi connectivity index (χ3n) is 2.30. The topological polar surface area (TPSA) is 72.6 Å². The summed E-state index contributed by atoms with van der Waals surface area (Å²) in [5.41, 5.74) is -0.859. The van der Waals surface area contributed by atoms with Gasteiger partial charge in [-0.2, -0.15) is 8.78 Å². The van der Waals surface area contributed by atoms with Crippen LogP contribution in [-0.2, 0) is 0 Å². The molecule has 24 heavy (non-hydrogen) atoms. The van der Waals surface area contributed by atoms with Crippen LogP contribution in [0.1, 0.15) is 0 Å². The van der Waals surface area contributed by atoms with E-state index in [1.165, 1.54) is 18.2 Å². The molecular weight excluding hydrogens is 470 g/mol. The number of nitro benzene ring substituents is 1. The van der Waals surface area contributed by atoms with Crippen molar-refractivity contribution in [2.75, 3.05) is 0 Å². The fourth-order valence-electron chi connectivity index (χ4n) is 1.37. The molecule has 0 unspecified atom stereocenters. The first kappa shape index (κ1) is 20.2. The Morgan fingerprint density at radius 1 is 1.08 bits per heavy atom. The molecule has 2 rings (SSSR count). The van der Waals surface area contributed by atoms with Crippen molar-refractivity contribution < 1.29 is 32.3 Å². The average Bonchev–Trinajstić information content (AvgIpc) is 2.46. The Balaban J connectivity index is 0.000000272. The van der Waals surface area contributed by atoms with Gasteiger partial charge in [-0.1, -0.05) is 0 Å². The summed E-state index contributed by atoms with van der Waals surface area (Å²) in [6, 6.07) is 4.99. The zero-order valence-electron chi connectivity index (χ0n) is 11.4. The van der Waals surface area contributed by atoms with Gasteiger partial charge >= 0.3 is 12.3 Å². The Kier molecular flexibility index (Phi) is 7.42. The van der Waals surface area contributed by atoms with Crippen LogP contribution in [-0.4, -0.2) is 16.6 Å². The molecule has 0 atom stereocenters. The quantitative estimate of drug-likeness (QED) is 0.366. The number of halogens is 6. The summed E-state index contributed by atoms with van der Waals surface area (Å²) in [5.74, 6) is -1.93. The lowest BCUT2D eigenvalue weighted by Gasteiger charge is -2.06. The minimum atomic E-state index is -3.22. The van der Waals surface area contributed by atoms with Crippen LogP contribution >= 0.6 is 31.9 Å². The van der Waals surface area contributed by atoms with Crippen LogP contribution in [0.25, 0.3) is 0 Å². The Bertz CT molecular complexity index is 746. The highest BCUT2D eigenvalue weighted by molar-refractivity contribution is 9.10. The van der Waals surface area contributed by atoms with E-state index in [0.29, 0.717) is 10.5 Å². The van der Waals surface area contributed by atoms with Crippen LogP contribution in [0.3, 0.4) is 0 Å². The number of rotatable bonds is 3. The van der Waals surface area contributed by atoms with E-state index < -0.39 is 28.8 Å². The molecule has 0 fully saturated rings. The van der Waals surface area contributed by atoms with Crippen molar-refractivity contribution in [3.63, 3.8) is 0 Å². The van der Waals surface area contributed by atoms with E-state index in [4.69, 9.17) is 5.11 Å². The molecule has 130 valence electrons. The molecule has 2 aromatic rings. The van der Waals surface area contributed by atoms with Crippen molar-refractivity contribution in [3.05, 3.63) is 61.0 Å². The number of phenolic OH excluding ortho intramolecular Hbond substituents is 1. The first-order valence-corrected chi connectivity index (χ1v) is 7.42. The lowest BCUT2D eigenvalue weighted by molar-refractivity contribution is -0.386. The molecule has 5 nitrogen and oxygen atoms in total. The standard InChI is InChI=1S/C7H3BrF3NO3.C6H4BrFO/c8-4-1-3(9)2-5(12(13)14)6(4)15-7(10)11;7-5-3-4(8)1-2-6(5)9/h1-2,7H;1-3,9H. The van der Waals surface area contributed by atoms with Gasteiger partial charge in [0.25, 0.3) is 0 Å². The van der Waals surface area contributed by atoms with Gasteiger partial charge in [0.15, 0.2) is 0 Å². The van der Waals surface area contributed by atoms with Crippen molar-refractivity contribution in [1.29, 1.82) is 0 Å². The van der Waals surface area contributed by atoms with Crippen molar-refractivity contribution >= 4 is 37.5 Å². The third-order valence-corrected chi connectivity index (χ3v) is 3.53. The summed E-state index contributed by atoms with van der Waals surface area (Å²) >= 11 is 5.65. The summed E-state index contributed by atoms with van der Waals surface area (Å²) in [7, 11) is 0. The second-order valence-electron chi connectivity index (χ2n) is 3.97. The van der Waals surface area contributed by atoms with E-state index in [0.717, 1.165) is 6.07 Å². The van der Waals surface area contributed by atoms with E-state index in [1.807, 2.05) is 0 Å². The maximum atomic E-state index is 12.7. The number of ether oxygens (including phenoxy) is 1. The Morgan fingerprint density at radius 2 is 1.67 bits per heavy atom. The second-order valence-corrected chi connectivity index (χ2v) is 5.68. The summed E-state index contributed by atoms with van der Waals surface area (Å²) in [5, 5.41) is 19.2. The number of hydrogen-bond donors (Lipinski definition) is 1. The van der Waals surface area contributed by atoms with Crippen LogP contribution in [0.5, 0.6) is 11.5 Å². The first-order valence-electron chi connectivity index (χ1n) is 5.84. The predicted molar refractivity (Wildman–Crippen MR) is 83.2 cm³/mol. The monoisotopic (exact) mass is 475 g/mol. The summed E-state index contributed by atoms with van der Waals surface area (Å²) in [4.78, 5) is 9.39. The Labute approximate surface area is 149 Å². The smallest absolute Gasteiger partial charge is 0.387 e. The highest BCUT2D eigenvalue weighted by Gasteiger charge is 2.23. The molecule has 0 aliphatic carbocycles. The zero-order chi connectivity index (χ0) is 18.4. The third kappa shape index (κ3) is 5.96. The minimum absolute atomic E-state index is 0.0522. The van der Waals surface area contributed by atoms with Gasteiger partial charge in [0, 0.05) is 0 Å². The number of alkyl halides is 2. The molecule has 0 amide bonds. The van der Waals surface area contributed by atoms with Gasteiger partial charge in [-0.25, -0.2) is 8.78 Å². The molecular formula is C13H7Br2F4NO4. The number of hydrogen-bond acceptors (Lipinski definition) is 4. The Morgan fingerprint density at radius 3 is 2.12 bits per heavy atom. The lowest BCUT2D eigenvalue weighted by atomic mass is 10.3. The molecule has 1 N–H and O–H groups in total. The molecule has 0 bridgehead atoms. The second kappa shape index (κ2) is 8.83. The summed E-state index contributed by atoms with van der Waals surface area (Å²) < 4.78 is 52.7. The maximum Gasteiger partial charge on any atom is 0.387 e. The van der Waals surface area contributed by atoms with E-state index in [9.17, 15) is 27.7 Å². The normalized spacial score (nSPS) is 10.1. The number of nitrogens with zero attached hydrogens (tertiary/aromatic N) is 1. The van der Waals surface area contributed by atoms with Gasteiger partial charge in [-0.15, -0.1) is 0 Å². The van der Waals surface area contributed by atoms with Crippen molar-refractivity contribution in [2.24, 2.45) is 0 Å². The van der Waals surface area contributed by atoms with Crippen molar-refractivity contribution in [1.82, 2.24) is 0 Å². The summed E-state index contributed by atoms with van der Waals surface area (Å²) in [6.45, 7) is -3.22. The van der Waals surface area contributed by atoms with Gasteiger partial charge in [0.2, 0.25) is 5.75 Å². The molecule has 2 aromatic carbocycles. The fraction of sp³-hybridized carbons (Fsp3) is 0.0769. The number of benzene rings is 2. The van der Waals surface area contributed by atoms with Crippen LogP contribution in [0.4, 0.5) is 23.2 Å². The molecule has 0 aliphatic heterocycles. The largest absolute Gasteiger partial charge is 0.507 e. The molecule has 0 radical (unpaired) electrons. The van der Waals surface area contributed by atoms with Crippen molar-refractivity contribution in [3.8, 4) is 11.5 Å². The van der Waals surface area contributed by atoms with Crippen LogP contribution in [0.2, 0.25) is 0 Å². The van der Waals surface area contributed by atoms with E-state index in [2.05, 4.69) is 36.6 Å². The number of nitro groups is 1. The maximum absolute atomic E-state index is 12.7. The number of aromatic hydroxyl groups is 1. The van der Waals surface area contributed by atoms with E-state index in [-0.39, 0.29) is 16.0 Å². The van der Waals surface area contributed by atoms with Gasteiger partial charge in [0.05, 0.1) is 19.9 Å². The van der Waals surface area contributed by atoms with Gasteiger partial charge < -0.3 is 9.84 Å². The molecule has 0 aromatic heterocycles. The number of phenols is 1. The molecule has 0 spiro atoms. The van der Waals surface area contributed by atoms with Gasteiger partial charge in [0.1, 0.15) is 17.4 Å². The minimum Gasteiger partial charge on any atom is -0.507 e. The van der Waals surface area contributed by atoms with Gasteiger partial charge in [-0.3, -0.25) is 10.1 Å². The van der Waals surface area contributed by atoms with Crippen LogP contribution in [0.15, 0.2) is 39.3 Å². The molecule has 11 heteroatoms. The first-order chi connectivity index (χ1) is 11.1. The molecule has 0 saturated carbocycles. The summed E-state index contributed by atoms with van der Waals surface area (Å²) in [6.07, 6.45) is 0. The lowest BCUT2D eigenvalue weighted by Crippen LogP contribution is -2.05. The Hall–Kier alpha value is -1.88. The molecule has 0 saturated heterocycles. The predicted octanol–water partition coefficient (Wildman–Crippen LogP) is 5.39. The highest BCUT2D eigenvalue weighted by atomic mass is 79.9. The van der Waals surface area contributed by atoms with Crippen molar-refractivity contribution in [2.45, 2.75) is 6.61 Å². The molecule has 0 aliphatic rings. The fourth-order valence-corrected chi connectivity index (χ4v) is 2.24. The highest BCUT2D eigenvalue weighted by Crippen LogP contribution is 2.36. The van der Waals surface area contributed by atoms with Crippen LogP contribution in [0, 0.1) is 21.7 Å². The average molecular weight is 477 g/mol. The SMILES string of the molecule is O=[N+]([O-])c1cc(F)cc(Br)c1OC(F)F.Oc1ccc(F)cc1Br.